The molecule has 1 atom stereocenters. The van der Waals surface area contributed by atoms with Gasteiger partial charge in [-0.05, 0) is 29.3 Å². The van der Waals surface area contributed by atoms with Gasteiger partial charge in [0.25, 0.3) is 0 Å². The first-order valence-electron chi connectivity index (χ1n) is 10.9. The van der Waals surface area contributed by atoms with E-state index in [0.29, 0.717) is 5.95 Å². The lowest BCUT2D eigenvalue weighted by atomic mass is 10.0. The van der Waals surface area contributed by atoms with Crippen LogP contribution < -0.4 is 10.6 Å². The molecular formula is C26H23N5O3. The number of aromatic nitrogens is 3. The number of ether oxygens (including phenoxy) is 1. The summed E-state index contributed by atoms with van der Waals surface area (Å²) in [6.45, 7) is 0.109. The van der Waals surface area contributed by atoms with Crippen LogP contribution in [0.1, 0.15) is 11.1 Å². The van der Waals surface area contributed by atoms with E-state index in [1.165, 1.54) is 0 Å². The van der Waals surface area contributed by atoms with Crippen molar-refractivity contribution in [2.75, 3.05) is 5.32 Å². The Labute approximate surface area is 195 Å². The number of hydrogen-bond acceptors (Lipinski definition) is 4. The molecule has 0 aliphatic heterocycles. The highest BCUT2D eigenvalue weighted by Crippen LogP contribution is 2.20. The number of rotatable bonds is 7. The monoisotopic (exact) mass is 453 g/mol. The number of imidazole rings is 1. The van der Waals surface area contributed by atoms with E-state index < -0.39 is 18.0 Å². The number of nitrogens with one attached hydrogen (secondary N) is 4. The standard InChI is InChI=1S/C26H23N5O3/c32-24(31-25-28-21-12-6-7-13-22(21)29-25)23(14-18-15-27-20-11-5-4-10-19(18)20)30-26(33)34-16-17-8-2-1-3-9-17/h1-13,15,23,27H,14,16H2,(H,30,33)(H2,28,29,31,32)/t23-/m0/s1. The third kappa shape index (κ3) is 4.75. The zero-order valence-electron chi connectivity index (χ0n) is 18.2. The number of carbonyl (C=O) groups excluding carboxylic acids is 2. The van der Waals surface area contributed by atoms with Crippen LogP contribution in [-0.2, 0) is 22.6 Å². The fourth-order valence-electron chi connectivity index (χ4n) is 3.85. The summed E-state index contributed by atoms with van der Waals surface area (Å²) in [6, 6.07) is 23.8. The van der Waals surface area contributed by atoms with Crippen LogP contribution >= 0.6 is 0 Å². The van der Waals surface area contributed by atoms with Crippen molar-refractivity contribution in [3.05, 3.63) is 96.2 Å². The van der Waals surface area contributed by atoms with Gasteiger partial charge in [-0.3, -0.25) is 10.1 Å². The predicted molar refractivity (Wildman–Crippen MR) is 130 cm³/mol. The second-order valence-electron chi connectivity index (χ2n) is 7.91. The molecule has 5 aromatic rings. The number of anilines is 1. The molecule has 0 bridgehead atoms. The molecule has 3 aromatic carbocycles. The van der Waals surface area contributed by atoms with Crippen molar-refractivity contribution in [2.24, 2.45) is 0 Å². The van der Waals surface area contributed by atoms with Gasteiger partial charge in [-0.15, -0.1) is 0 Å². The number of para-hydroxylation sites is 3. The van der Waals surface area contributed by atoms with E-state index in [9.17, 15) is 9.59 Å². The van der Waals surface area contributed by atoms with Crippen LogP contribution in [0.3, 0.4) is 0 Å². The van der Waals surface area contributed by atoms with Gasteiger partial charge < -0.3 is 20.0 Å². The molecule has 0 fully saturated rings. The fourth-order valence-corrected chi connectivity index (χ4v) is 3.85. The van der Waals surface area contributed by atoms with Crippen molar-refractivity contribution in [3.63, 3.8) is 0 Å². The summed E-state index contributed by atoms with van der Waals surface area (Å²) in [7, 11) is 0. The Kier molecular flexibility index (Phi) is 5.94. The molecule has 2 heterocycles. The second kappa shape index (κ2) is 9.50. The van der Waals surface area contributed by atoms with Gasteiger partial charge in [-0.25, -0.2) is 9.78 Å². The molecule has 0 aliphatic carbocycles. The molecule has 8 nitrogen and oxygen atoms in total. The first-order valence-corrected chi connectivity index (χ1v) is 10.9. The Morgan fingerprint density at radius 3 is 2.47 bits per heavy atom. The molecule has 5 rings (SSSR count). The van der Waals surface area contributed by atoms with Crippen LogP contribution in [0.25, 0.3) is 21.9 Å². The maximum absolute atomic E-state index is 13.2. The van der Waals surface area contributed by atoms with E-state index >= 15 is 0 Å². The Balaban J connectivity index is 1.34. The van der Waals surface area contributed by atoms with Gasteiger partial charge in [0, 0.05) is 23.5 Å². The van der Waals surface area contributed by atoms with Gasteiger partial charge in [0.2, 0.25) is 11.9 Å². The molecular weight excluding hydrogens is 430 g/mol. The number of carbonyl (C=O) groups is 2. The molecule has 0 aliphatic rings. The van der Waals surface area contributed by atoms with Gasteiger partial charge in [-0.2, -0.15) is 0 Å². The largest absolute Gasteiger partial charge is 0.445 e. The molecule has 4 N–H and O–H groups in total. The average molecular weight is 454 g/mol. The van der Waals surface area contributed by atoms with Crippen molar-refractivity contribution >= 4 is 39.9 Å². The van der Waals surface area contributed by atoms with Crippen molar-refractivity contribution in [2.45, 2.75) is 19.1 Å². The number of hydrogen-bond donors (Lipinski definition) is 4. The highest BCUT2D eigenvalue weighted by molar-refractivity contribution is 5.97. The third-order valence-electron chi connectivity index (χ3n) is 5.55. The average Bonchev–Trinajstić information content (AvgIpc) is 3.46. The van der Waals surface area contributed by atoms with Crippen molar-refractivity contribution in [3.8, 4) is 0 Å². The number of benzene rings is 3. The highest BCUT2D eigenvalue weighted by Gasteiger charge is 2.24. The lowest BCUT2D eigenvalue weighted by Gasteiger charge is -2.17. The molecule has 0 saturated carbocycles. The Morgan fingerprint density at radius 2 is 1.65 bits per heavy atom. The summed E-state index contributed by atoms with van der Waals surface area (Å²) in [5, 5.41) is 6.49. The number of amides is 2. The van der Waals surface area contributed by atoms with Gasteiger partial charge >= 0.3 is 6.09 Å². The topological polar surface area (TPSA) is 112 Å². The summed E-state index contributed by atoms with van der Waals surface area (Å²) in [6.07, 6.45) is 1.45. The van der Waals surface area contributed by atoms with E-state index in [4.69, 9.17) is 4.74 Å². The van der Waals surface area contributed by atoms with Crippen molar-refractivity contribution < 1.29 is 14.3 Å². The molecule has 2 aromatic heterocycles. The summed E-state index contributed by atoms with van der Waals surface area (Å²) in [5.74, 6) is -0.0874. The molecule has 0 unspecified atom stereocenters. The van der Waals surface area contributed by atoms with Crippen LogP contribution in [-0.4, -0.2) is 33.0 Å². The smallest absolute Gasteiger partial charge is 0.408 e. The minimum absolute atomic E-state index is 0.109. The van der Waals surface area contributed by atoms with Crippen LogP contribution in [0, 0.1) is 0 Å². The van der Waals surface area contributed by atoms with Crippen LogP contribution in [0.5, 0.6) is 0 Å². The number of fused-ring (bicyclic) bond motifs is 2. The van der Waals surface area contributed by atoms with Gasteiger partial charge in [0.1, 0.15) is 12.6 Å². The second-order valence-corrected chi connectivity index (χ2v) is 7.91. The van der Waals surface area contributed by atoms with Crippen LogP contribution in [0.4, 0.5) is 10.7 Å². The van der Waals surface area contributed by atoms with Crippen LogP contribution in [0.2, 0.25) is 0 Å². The Hall–Kier alpha value is -4.59. The van der Waals surface area contributed by atoms with E-state index in [0.717, 1.165) is 33.1 Å². The fraction of sp³-hybridized carbons (Fsp3) is 0.115. The van der Waals surface area contributed by atoms with E-state index in [1.54, 1.807) is 0 Å². The molecule has 2 amide bonds. The zero-order chi connectivity index (χ0) is 23.3. The Morgan fingerprint density at radius 1 is 0.912 bits per heavy atom. The first kappa shape index (κ1) is 21.3. The summed E-state index contributed by atoms with van der Waals surface area (Å²) >= 11 is 0. The highest BCUT2D eigenvalue weighted by atomic mass is 16.5. The maximum Gasteiger partial charge on any atom is 0.408 e. The molecule has 0 spiro atoms. The summed E-state index contributed by atoms with van der Waals surface area (Å²) in [4.78, 5) is 36.5. The maximum atomic E-state index is 13.2. The Bertz CT molecular complexity index is 1410. The molecule has 0 radical (unpaired) electrons. The van der Waals surface area contributed by atoms with Crippen LogP contribution in [0.15, 0.2) is 85.1 Å². The van der Waals surface area contributed by atoms with E-state index in [1.807, 2.05) is 85.1 Å². The van der Waals surface area contributed by atoms with E-state index in [2.05, 4.69) is 25.6 Å². The normalized spacial score (nSPS) is 11.9. The number of aromatic amines is 2. The lowest BCUT2D eigenvalue weighted by Crippen LogP contribution is -2.45. The quantitative estimate of drug-likeness (QED) is 0.290. The lowest BCUT2D eigenvalue weighted by molar-refractivity contribution is -0.118. The number of nitrogens with zero attached hydrogens (tertiary/aromatic N) is 1. The number of alkyl carbamates (subject to hydrolysis) is 1. The van der Waals surface area contributed by atoms with Gasteiger partial charge in [0.15, 0.2) is 0 Å². The molecule has 34 heavy (non-hydrogen) atoms. The van der Waals surface area contributed by atoms with E-state index in [-0.39, 0.29) is 13.0 Å². The van der Waals surface area contributed by atoms with Gasteiger partial charge in [0.05, 0.1) is 11.0 Å². The summed E-state index contributed by atoms with van der Waals surface area (Å²) in [5.41, 5.74) is 4.27. The minimum Gasteiger partial charge on any atom is -0.445 e. The minimum atomic E-state index is -0.879. The molecule has 8 heteroatoms. The van der Waals surface area contributed by atoms with Crippen molar-refractivity contribution in [1.29, 1.82) is 0 Å². The van der Waals surface area contributed by atoms with Crippen molar-refractivity contribution in [1.82, 2.24) is 20.3 Å². The SMILES string of the molecule is O=C(N[C@@H](Cc1c[nH]c2ccccc12)C(=O)Nc1nc2ccccc2[nH]1)OCc1ccccc1. The number of H-pyrrole nitrogens is 2. The molecule has 170 valence electrons. The third-order valence-corrected chi connectivity index (χ3v) is 5.55. The zero-order valence-corrected chi connectivity index (χ0v) is 18.2. The van der Waals surface area contributed by atoms with Gasteiger partial charge in [-0.1, -0.05) is 60.7 Å². The molecule has 0 saturated heterocycles. The summed E-state index contributed by atoms with van der Waals surface area (Å²) < 4.78 is 5.35. The first-order chi connectivity index (χ1) is 16.7. The predicted octanol–water partition coefficient (Wildman–Crippen LogP) is 4.52.